The first kappa shape index (κ1) is 17.5. The smallest absolute Gasteiger partial charge is 0.255 e. The van der Waals surface area contributed by atoms with Crippen molar-refractivity contribution in [1.29, 1.82) is 0 Å². The predicted octanol–water partition coefficient (Wildman–Crippen LogP) is 2.05. The molecule has 4 rings (SSSR count). The van der Waals surface area contributed by atoms with Gasteiger partial charge in [0.2, 0.25) is 0 Å². The lowest BCUT2D eigenvalue weighted by molar-refractivity contribution is 0.0788. The molecule has 0 radical (unpaired) electrons. The molecule has 0 bridgehead atoms. The third-order valence-electron chi connectivity index (χ3n) is 5.49. The highest BCUT2D eigenvalue weighted by Crippen LogP contribution is 2.31. The van der Waals surface area contributed by atoms with Crippen LogP contribution >= 0.6 is 0 Å². The Bertz CT molecular complexity index is 931. The van der Waals surface area contributed by atoms with Crippen LogP contribution in [0.2, 0.25) is 0 Å². The van der Waals surface area contributed by atoms with Crippen LogP contribution in [0.5, 0.6) is 0 Å². The number of rotatable bonds is 4. The Morgan fingerprint density at radius 2 is 2.00 bits per heavy atom. The zero-order chi connectivity index (χ0) is 18.3. The van der Waals surface area contributed by atoms with Crippen molar-refractivity contribution in [2.75, 3.05) is 25.1 Å². The van der Waals surface area contributed by atoms with E-state index in [4.69, 9.17) is 0 Å². The fraction of sp³-hybridized carbons (Fsp3) is 0.611. The highest BCUT2D eigenvalue weighted by molar-refractivity contribution is 7.90. The summed E-state index contributed by atoms with van der Waals surface area (Å²) in [5, 5.41) is 0. The number of aromatic nitrogens is 3. The van der Waals surface area contributed by atoms with Crippen molar-refractivity contribution in [2.24, 2.45) is 5.92 Å². The largest absolute Gasteiger partial charge is 0.338 e. The zero-order valence-corrected chi connectivity index (χ0v) is 15.8. The van der Waals surface area contributed by atoms with Gasteiger partial charge in [-0.2, -0.15) is 0 Å². The molecule has 2 aromatic rings. The van der Waals surface area contributed by atoms with Gasteiger partial charge in [-0.3, -0.25) is 4.79 Å². The van der Waals surface area contributed by atoms with Gasteiger partial charge in [0.15, 0.2) is 5.65 Å². The van der Waals surface area contributed by atoms with Crippen LogP contribution in [0.1, 0.15) is 48.5 Å². The summed E-state index contributed by atoms with van der Waals surface area (Å²) in [5.41, 5.74) is 2.11. The van der Waals surface area contributed by atoms with Gasteiger partial charge in [-0.15, -0.1) is 0 Å². The van der Waals surface area contributed by atoms with Crippen molar-refractivity contribution in [2.45, 2.75) is 38.1 Å². The van der Waals surface area contributed by atoms with Gasteiger partial charge in [-0.25, -0.2) is 18.4 Å². The lowest BCUT2D eigenvalue weighted by Gasteiger charge is -2.16. The Balaban J connectivity index is 1.51. The number of carbonyl (C=O) groups is 1. The summed E-state index contributed by atoms with van der Waals surface area (Å²) >= 11 is 0. The summed E-state index contributed by atoms with van der Waals surface area (Å²) in [5.74, 6) is 0.0675. The summed E-state index contributed by atoms with van der Waals surface area (Å²) in [7, 11) is -3.02. The molecular formula is C18H24N4O3S. The second-order valence-electron chi connectivity index (χ2n) is 7.66. The van der Waals surface area contributed by atoms with E-state index in [1.807, 2.05) is 6.33 Å². The second kappa shape index (κ2) is 6.64. The molecule has 2 fully saturated rings. The predicted molar refractivity (Wildman–Crippen MR) is 98.8 cm³/mol. The summed E-state index contributed by atoms with van der Waals surface area (Å²) in [6, 6.07) is 2.27. The van der Waals surface area contributed by atoms with E-state index in [1.54, 1.807) is 17.2 Å². The number of imidazole rings is 1. The second-order valence-corrected chi connectivity index (χ2v) is 9.84. The molecule has 1 aliphatic heterocycles. The average Bonchev–Trinajstić information content (AvgIpc) is 3.32. The van der Waals surface area contributed by atoms with E-state index in [0.717, 1.165) is 30.4 Å². The van der Waals surface area contributed by atoms with Crippen LogP contribution in [-0.4, -0.2) is 58.9 Å². The summed E-state index contributed by atoms with van der Waals surface area (Å²) in [4.78, 5) is 23.5. The topological polar surface area (TPSA) is 85.2 Å². The molecule has 26 heavy (non-hydrogen) atoms. The molecule has 8 heteroatoms. The number of hydrogen-bond acceptors (Lipinski definition) is 5. The van der Waals surface area contributed by atoms with Gasteiger partial charge < -0.3 is 9.47 Å². The van der Waals surface area contributed by atoms with Gasteiger partial charge in [0.25, 0.3) is 5.91 Å². The summed E-state index contributed by atoms with van der Waals surface area (Å²) in [6.45, 7) is 1.08. The summed E-state index contributed by atoms with van der Waals surface area (Å²) < 4.78 is 25.1. The van der Waals surface area contributed by atoms with Crippen LogP contribution < -0.4 is 0 Å². The maximum Gasteiger partial charge on any atom is 0.255 e. The number of fused-ring (bicyclic) bond motifs is 1. The maximum absolute atomic E-state index is 12.8. The normalized spacial score (nSPS) is 21.7. The lowest BCUT2D eigenvalue weighted by Crippen LogP contribution is -2.29. The quantitative estimate of drug-likeness (QED) is 0.815. The van der Waals surface area contributed by atoms with Gasteiger partial charge in [0.05, 0.1) is 17.6 Å². The highest BCUT2D eigenvalue weighted by Gasteiger charge is 2.29. The van der Waals surface area contributed by atoms with Gasteiger partial charge in [-0.1, -0.05) is 12.8 Å². The molecule has 1 saturated heterocycles. The fourth-order valence-corrected chi connectivity index (χ4v) is 5.38. The van der Waals surface area contributed by atoms with E-state index in [0.29, 0.717) is 24.7 Å². The number of sulfone groups is 1. The summed E-state index contributed by atoms with van der Waals surface area (Å²) in [6.07, 6.45) is 10.2. The van der Waals surface area contributed by atoms with E-state index in [2.05, 4.69) is 14.5 Å². The van der Waals surface area contributed by atoms with Crippen LogP contribution in [0.4, 0.5) is 0 Å². The third-order valence-corrected chi connectivity index (χ3v) is 6.57. The minimum Gasteiger partial charge on any atom is -0.338 e. The van der Waals surface area contributed by atoms with Crippen LogP contribution in [0.25, 0.3) is 11.2 Å². The Morgan fingerprint density at radius 3 is 2.73 bits per heavy atom. The van der Waals surface area contributed by atoms with Crippen LogP contribution in [0.15, 0.2) is 18.6 Å². The molecule has 2 aromatic heterocycles. The van der Waals surface area contributed by atoms with E-state index in [1.165, 1.54) is 19.1 Å². The van der Waals surface area contributed by atoms with Gasteiger partial charge in [-0.05, 0) is 31.2 Å². The number of amides is 1. The average molecular weight is 376 g/mol. The standard InChI is InChI=1S/C18H24N4O3S/c1-26(24,25)11-13-6-7-21(10-13)18(23)14-8-16-17(19-9-14)22(12-20-16)15-4-2-3-5-15/h8-9,12-13,15H,2-7,10-11H2,1H3. The van der Waals surface area contributed by atoms with Gasteiger partial charge in [0.1, 0.15) is 15.4 Å². The van der Waals surface area contributed by atoms with Crippen molar-refractivity contribution in [1.82, 2.24) is 19.4 Å². The maximum atomic E-state index is 12.8. The van der Waals surface area contributed by atoms with Gasteiger partial charge in [0, 0.05) is 31.6 Å². The molecule has 0 spiro atoms. The van der Waals surface area contributed by atoms with E-state index >= 15 is 0 Å². The molecule has 7 nitrogen and oxygen atoms in total. The molecule has 1 saturated carbocycles. The molecule has 1 atom stereocenters. The number of pyridine rings is 1. The van der Waals surface area contributed by atoms with E-state index in [9.17, 15) is 13.2 Å². The lowest BCUT2D eigenvalue weighted by atomic mass is 10.2. The minimum atomic E-state index is -3.02. The van der Waals surface area contributed by atoms with Crippen LogP contribution in [0, 0.1) is 5.92 Å². The Morgan fingerprint density at radius 1 is 1.23 bits per heavy atom. The molecule has 1 aliphatic carbocycles. The van der Waals surface area contributed by atoms with Crippen LogP contribution in [-0.2, 0) is 9.84 Å². The minimum absolute atomic E-state index is 0.0206. The first-order valence-electron chi connectivity index (χ1n) is 9.20. The van der Waals surface area contributed by atoms with Crippen molar-refractivity contribution in [3.8, 4) is 0 Å². The first-order chi connectivity index (χ1) is 12.4. The Labute approximate surface area is 153 Å². The molecule has 1 amide bonds. The van der Waals surface area contributed by atoms with Crippen molar-refractivity contribution >= 4 is 26.9 Å². The van der Waals surface area contributed by atoms with E-state index in [-0.39, 0.29) is 17.6 Å². The number of nitrogens with zero attached hydrogens (tertiary/aromatic N) is 4. The Hall–Kier alpha value is -1.96. The zero-order valence-electron chi connectivity index (χ0n) is 15.0. The first-order valence-corrected chi connectivity index (χ1v) is 11.3. The molecular weight excluding hydrogens is 352 g/mol. The molecule has 2 aliphatic rings. The van der Waals surface area contributed by atoms with Crippen molar-refractivity contribution in [3.05, 3.63) is 24.2 Å². The van der Waals surface area contributed by atoms with E-state index < -0.39 is 9.84 Å². The monoisotopic (exact) mass is 376 g/mol. The van der Waals surface area contributed by atoms with Crippen molar-refractivity contribution < 1.29 is 13.2 Å². The molecule has 1 unspecified atom stereocenters. The van der Waals surface area contributed by atoms with Crippen LogP contribution in [0.3, 0.4) is 0 Å². The molecule has 3 heterocycles. The number of hydrogen-bond donors (Lipinski definition) is 0. The number of carbonyl (C=O) groups excluding carboxylic acids is 1. The fourth-order valence-electron chi connectivity index (χ4n) is 4.25. The Kier molecular flexibility index (Phi) is 4.46. The number of likely N-dealkylation sites (tertiary alicyclic amines) is 1. The molecule has 0 N–H and O–H groups in total. The molecule has 140 valence electrons. The SMILES string of the molecule is CS(=O)(=O)CC1CCN(C(=O)c2cnc3c(c2)ncn3C2CCCC2)C1. The third kappa shape index (κ3) is 3.47. The van der Waals surface area contributed by atoms with Crippen molar-refractivity contribution in [3.63, 3.8) is 0 Å². The highest BCUT2D eigenvalue weighted by atomic mass is 32.2. The molecule has 0 aromatic carbocycles. The van der Waals surface area contributed by atoms with Gasteiger partial charge >= 0.3 is 0 Å².